The predicted octanol–water partition coefficient (Wildman–Crippen LogP) is 18.8. The molecular formula is C70H78N2O4Si. The molecule has 0 aliphatic carbocycles. The maximum absolute atomic E-state index is 12.9. The van der Waals surface area contributed by atoms with Crippen molar-refractivity contribution in [3.8, 4) is 56.6 Å². The summed E-state index contributed by atoms with van der Waals surface area (Å²) in [5.41, 5.74) is 12.6. The zero-order valence-corrected chi connectivity index (χ0v) is 48.9. The molecular weight excluding hydrogens is 961 g/mol. The average molecular weight is 1040 g/mol. The van der Waals surface area contributed by atoms with E-state index >= 15 is 0 Å². The number of rotatable bonds is 12. The molecule has 2 heterocycles. The number of fused-ring (bicyclic) bond motifs is 6. The minimum atomic E-state index is -2.37. The van der Waals surface area contributed by atoms with E-state index in [0.29, 0.717) is 12.5 Å². The number of aromatic hydroxyl groups is 2. The first-order valence-electron chi connectivity index (χ1n) is 27.7. The van der Waals surface area contributed by atoms with Crippen LogP contribution < -0.4 is 9.47 Å². The zero-order chi connectivity index (χ0) is 55.0. The van der Waals surface area contributed by atoms with Crippen molar-refractivity contribution in [2.75, 3.05) is 12.5 Å². The molecule has 77 heavy (non-hydrogen) atoms. The first-order chi connectivity index (χ1) is 36.4. The molecule has 7 heteroatoms. The molecule has 0 radical (unpaired) electrons. The Morgan fingerprint density at radius 1 is 0.364 bits per heavy atom. The topological polar surface area (TPSA) is 68.8 Å². The molecule has 0 aliphatic heterocycles. The Balaban J connectivity index is 1.07. The lowest BCUT2D eigenvalue weighted by molar-refractivity contribution is 0.341. The smallest absolute Gasteiger partial charge is 0.147 e. The van der Waals surface area contributed by atoms with Crippen molar-refractivity contribution >= 4 is 51.7 Å². The maximum Gasteiger partial charge on any atom is 0.147 e. The highest BCUT2D eigenvalue weighted by Gasteiger charge is 2.35. The second-order valence-electron chi connectivity index (χ2n) is 25.7. The molecule has 10 aromatic rings. The molecule has 10 rings (SSSR count). The second kappa shape index (κ2) is 19.7. The third kappa shape index (κ3) is 9.81. The van der Waals surface area contributed by atoms with Gasteiger partial charge in [0.1, 0.15) is 31.1 Å². The van der Waals surface area contributed by atoms with Gasteiger partial charge in [0.25, 0.3) is 0 Å². The standard InChI is InChI=1S/C70H78N2O4Si/c1-15-77(16-2,43-75-63-35-33-45(67(3,4)5)37-53(63)55-39-47(69(9,10)11)41-61(65(55)73)71-57-29-21-17-25-49(57)50-26-18-22-30-58(50)71)44-76-64-36-34-46(68(6,7)8)38-54(64)56-40-48(70(12,13)14)42-62(66(56)74)72-59-31-23-19-27-51(59)52-28-20-24-32-60(52)72/h17-42,73-74H,15-16,43-44H2,1-14H3. The van der Waals surface area contributed by atoms with Crippen molar-refractivity contribution in [2.24, 2.45) is 0 Å². The van der Waals surface area contributed by atoms with Crippen LogP contribution in [0.1, 0.15) is 119 Å². The molecule has 2 N–H and O–H groups in total. The van der Waals surface area contributed by atoms with E-state index in [-0.39, 0.29) is 33.2 Å². The van der Waals surface area contributed by atoms with Gasteiger partial charge in [0, 0.05) is 43.8 Å². The number of nitrogens with zero attached hydrogens (tertiary/aromatic N) is 2. The third-order valence-corrected chi connectivity index (χ3v) is 20.9. The zero-order valence-electron chi connectivity index (χ0n) is 47.9. The van der Waals surface area contributed by atoms with Crippen LogP contribution in [0.4, 0.5) is 0 Å². The van der Waals surface area contributed by atoms with Crippen LogP contribution in [0, 0.1) is 0 Å². The molecule has 0 atom stereocenters. The predicted molar refractivity (Wildman–Crippen MR) is 328 cm³/mol. The van der Waals surface area contributed by atoms with Gasteiger partial charge in [-0.25, -0.2) is 0 Å². The van der Waals surface area contributed by atoms with Crippen molar-refractivity contribution < 1.29 is 19.7 Å². The van der Waals surface area contributed by atoms with Crippen molar-refractivity contribution in [1.29, 1.82) is 0 Å². The second-order valence-corrected chi connectivity index (χ2v) is 30.7. The summed E-state index contributed by atoms with van der Waals surface area (Å²) in [5.74, 6) is 1.90. The molecule has 0 saturated carbocycles. The number of phenols is 2. The van der Waals surface area contributed by atoms with E-state index in [1.807, 2.05) is 0 Å². The van der Waals surface area contributed by atoms with Crippen LogP contribution in [-0.4, -0.2) is 39.9 Å². The van der Waals surface area contributed by atoms with E-state index in [1.165, 1.54) is 0 Å². The fraction of sp³-hybridized carbons (Fsp3) is 0.314. The van der Waals surface area contributed by atoms with Gasteiger partial charge in [-0.15, -0.1) is 0 Å². The lowest BCUT2D eigenvalue weighted by Gasteiger charge is -2.31. The number of para-hydroxylation sites is 4. The Morgan fingerprint density at radius 3 is 0.935 bits per heavy atom. The van der Waals surface area contributed by atoms with E-state index in [2.05, 4.69) is 264 Å². The SMILES string of the molecule is CC[Si](CC)(COc1ccc(C(C)(C)C)cc1-c1cc(C(C)(C)C)cc(-n2c3ccccc3c3ccccc32)c1O)COc1ccc(C(C)(C)C)cc1-c1cc(C(C)(C)C)cc(-n2c3ccccc3c3ccccc32)c1O. The molecule has 0 fully saturated rings. The lowest BCUT2D eigenvalue weighted by Crippen LogP contribution is -2.46. The molecule has 0 aliphatic rings. The quantitative estimate of drug-likeness (QED) is 0.120. The molecule has 0 unspecified atom stereocenters. The van der Waals surface area contributed by atoms with E-state index in [0.717, 1.165) is 123 Å². The van der Waals surface area contributed by atoms with E-state index in [9.17, 15) is 10.2 Å². The minimum absolute atomic E-state index is 0.162. The number of hydrogen-bond donors (Lipinski definition) is 2. The van der Waals surface area contributed by atoms with Crippen LogP contribution in [0.25, 0.3) is 77.2 Å². The van der Waals surface area contributed by atoms with Crippen molar-refractivity contribution in [2.45, 2.75) is 131 Å². The third-order valence-electron chi connectivity index (χ3n) is 16.4. The van der Waals surface area contributed by atoms with Gasteiger partial charge < -0.3 is 28.8 Å². The summed E-state index contributed by atoms with van der Waals surface area (Å²) < 4.78 is 18.9. The van der Waals surface area contributed by atoms with E-state index in [4.69, 9.17) is 9.47 Å². The Bertz CT molecular complexity index is 3510. The van der Waals surface area contributed by atoms with E-state index in [1.54, 1.807) is 0 Å². The minimum Gasteiger partial charge on any atom is -0.505 e. The lowest BCUT2D eigenvalue weighted by atomic mass is 9.82. The summed E-state index contributed by atoms with van der Waals surface area (Å²) in [4.78, 5) is 0. The molecule has 396 valence electrons. The van der Waals surface area contributed by atoms with Gasteiger partial charge in [0.2, 0.25) is 0 Å². The van der Waals surface area contributed by atoms with Crippen LogP contribution in [0.15, 0.2) is 158 Å². The van der Waals surface area contributed by atoms with Gasteiger partial charge in [-0.05, 0) is 117 Å². The Morgan fingerprint density at radius 2 is 0.649 bits per heavy atom. The Labute approximate surface area is 458 Å². The summed E-state index contributed by atoms with van der Waals surface area (Å²) in [7, 11) is -2.37. The van der Waals surface area contributed by atoms with Crippen molar-refractivity contribution in [3.63, 3.8) is 0 Å². The molecule has 0 spiro atoms. The fourth-order valence-corrected chi connectivity index (χ4v) is 13.4. The highest BCUT2D eigenvalue weighted by atomic mass is 28.3. The first-order valence-corrected chi connectivity index (χ1v) is 30.5. The van der Waals surface area contributed by atoms with Gasteiger partial charge in [-0.3, -0.25) is 0 Å². The number of benzene rings is 8. The summed E-state index contributed by atoms with van der Waals surface area (Å²) in [6, 6.07) is 57.5. The molecule has 8 aromatic carbocycles. The number of phenolic OH excluding ortho intramolecular Hbond substituents is 2. The summed E-state index contributed by atoms with van der Waals surface area (Å²) in [6.45, 7) is 31.4. The van der Waals surface area contributed by atoms with Crippen LogP contribution in [0.3, 0.4) is 0 Å². The molecule has 0 bridgehead atoms. The molecule has 2 aromatic heterocycles. The number of aromatic nitrogens is 2. The number of hydrogen-bond acceptors (Lipinski definition) is 4. The first kappa shape index (κ1) is 53.2. The molecule has 0 amide bonds. The van der Waals surface area contributed by atoms with Gasteiger partial charge in [0.15, 0.2) is 0 Å². The van der Waals surface area contributed by atoms with Crippen LogP contribution in [-0.2, 0) is 21.7 Å². The monoisotopic (exact) mass is 1040 g/mol. The van der Waals surface area contributed by atoms with Gasteiger partial charge in [-0.1, -0.05) is 194 Å². The maximum atomic E-state index is 12.9. The van der Waals surface area contributed by atoms with Gasteiger partial charge in [0.05, 0.1) is 45.9 Å². The van der Waals surface area contributed by atoms with Crippen LogP contribution in [0.5, 0.6) is 23.0 Å². The average Bonchev–Trinajstić information content (AvgIpc) is 4.02. The summed E-state index contributed by atoms with van der Waals surface area (Å²) in [6.07, 6.45) is 1.03. The summed E-state index contributed by atoms with van der Waals surface area (Å²) in [5, 5.41) is 30.4. The fourth-order valence-electron chi connectivity index (χ4n) is 11.0. The van der Waals surface area contributed by atoms with Crippen LogP contribution in [0.2, 0.25) is 12.1 Å². The normalized spacial score (nSPS) is 12.9. The van der Waals surface area contributed by atoms with Crippen molar-refractivity contribution in [3.05, 3.63) is 180 Å². The Hall–Kier alpha value is -7.22. The highest BCUT2D eigenvalue weighted by Crippen LogP contribution is 2.49. The molecule has 0 saturated heterocycles. The van der Waals surface area contributed by atoms with E-state index < -0.39 is 8.07 Å². The molecule has 6 nitrogen and oxygen atoms in total. The highest BCUT2D eigenvalue weighted by molar-refractivity contribution is 6.79. The van der Waals surface area contributed by atoms with Crippen molar-refractivity contribution in [1.82, 2.24) is 9.13 Å². The largest absolute Gasteiger partial charge is 0.505 e. The van der Waals surface area contributed by atoms with Gasteiger partial charge in [-0.2, -0.15) is 0 Å². The van der Waals surface area contributed by atoms with Crippen LogP contribution >= 0.6 is 0 Å². The number of ether oxygens (including phenoxy) is 2. The Kier molecular flexibility index (Phi) is 13.6. The van der Waals surface area contributed by atoms with Gasteiger partial charge >= 0.3 is 0 Å². The summed E-state index contributed by atoms with van der Waals surface area (Å²) >= 11 is 0.